The van der Waals surface area contributed by atoms with Gasteiger partial charge in [-0.2, -0.15) is 4.98 Å². The highest BCUT2D eigenvalue weighted by molar-refractivity contribution is 5.85. The molecule has 2 aromatic heterocycles. The van der Waals surface area contributed by atoms with Crippen LogP contribution in [0.1, 0.15) is 35.6 Å². The number of pyridine rings is 1. The molecule has 9 nitrogen and oxygen atoms in total. The predicted octanol–water partition coefficient (Wildman–Crippen LogP) is 3.37. The number of unbranched alkanes of at least 4 members (excludes halogenated alkanes) is 2. The fraction of sp³-hybridized carbons (Fsp3) is 0.300. The lowest BCUT2D eigenvalue weighted by Crippen LogP contribution is -2.07. The molecule has 9 heteroatoms. The summed E-state index contributed by atoms with van der Waals surface area (Å²) in [5.74, 6) is 0.914. The molecule has 0 aliphatic carbocycles. The number of rotatable bonds is 10. The molecule has 29 heavy (non-hydrogen) atoms. The van der Waals surface area contributed by atoms with Crippen LogP contribution in [0.4, 0.5) is 5.82 Å². The molecule has 0 radical (unpaired) electrons. The van der Waals surface area contributed by atoms with E-state index in [4.69, 9.17) is 14.4 Å². The van der Waals surface area contributed by atoms with Gasteiger partial charge in [-0.05, 0) is 43.2 Å². The highest BCUT2D eigenvalue weighted by Crippen LogP contribution is 2.30. The first-order valence-corrected chi connectivity index (χ1v) is 9.21. The molecule has 0 atom stereocenters. The summed E-state index contributed by atoms with van der Waals surface area (Å²) in [5, 5.41) is 25.7. The average Bonchev–Trinajstić information content (AvgIpc) is 3.20. The van der Waals surface area contributed by atoms with Gasteiger partial charge in [-0.1, -0.05) is 17.6 Å². The van der Waals surface area contributed by atoms with Gasteiger partial charge in [-0.3, -0.25) is 0 Å². The SMILES string of the molecule is COc1cc(-c2noc(CCCCCNc3cccc(C(=O)O)n3)n2)ccc1O. The smallest absolute Gasteiger partial charge is 0.354 e. The summed E-state index contributed by atoms with van der Waals surface area (Å²) in [5.41, 5.74) is 0.725. The van der Waals surface area contributed by atoms with Crippen LogP contribution in [-0.2, 0) is 6.42 Å². The molecule has 3 N–H and O–H groups in total. The number of aryl methyl sites for hydroxylation is 1. The van der Waals surface area contributed by atoms with Gasteiger partial charge in [0, 0.05) is 18.5 Å². The Labute approximate surface area is 167 Å². The van der Waals surface area contributed by atoms with Crippen molar-refractivity contribution in [1.82, 2.24) is 15.1 Å². The molecule has 152 valence electrons. The molecule has 0 saturated heterocycles. The van der Waals surface area contributed by atoms with Gasteiger partial charge >= 0.3 is 5.97 Å². The van der Waals surface area contributed by atoms with Gasteiger partial charge in [0.2, 0.25) is 11.7 Å². The zero-order valence-corrected chi connectivity index (χ0v) is 16.0. The number of aromatic hydroxyl groups is 1. The van der Waals surface area contributed by atoms with Crippen molar-refractivity contribution in [3.8, 4) is 22.9 Å². The summed E-state index contributed by atoms with van der Waals surface area (Å²) in [6.07, 6.45) is 3.38. The molecular weight excluding hydrogens is 376 g/mol. The predicted molar refractivity (Wildman–Crippen MR) is 105 cm³/mol. The zero-order chi connectivity index (χ0) is 20.6. The lowest BCUT2D eigenvalue weighted by atomic mass is 10.2. The Hall–Kier alpha value is -3.62. The molecule has 1 aromatic carbocycles. The highest BCUT2D eigenvalue weighted by atomic mass is 16.5. The van der Waals surface area contributed by atoms with E-state index in [1.165, 1.54) is 19.2 Å². The normalized spacial score (nSPS) is 10.7. The van der Waals surface area contributed by atoms with Crippen LogP contribution in [0.15, 0.2) is 40.9 Å². The van der Waals surface area contributed by atoms with Gasteiger partial charge in [0.15, 0.2) is 17.2 Å². The van der Waals surface area contributed by atoms with Crippen LogP contribution in [0.25, 0.3) is 11.4 Å². The molecule has 0 amide bonds. The number of carboxylic acids is 1. The Morgan fingerprint density at radius 2 is 2.03 bits per heavy atom. The standard InChI is InChI=1S/C20H22N4O5/c1-28-16-12-13(9-10-15(16)25)19-23-18(29-24-19)8-3-2-4-11-21-17-7-5-6-14(22-17)20(26)27/h5-7,9-10,12,25H,2-4,8,11H2,1H3,(H,21,22)(H,26,27). The second kappa shape index (κ2) is 9.54. The van der Waals surface area contributed by atoms with Crippen LogP contribution in [0, 0.1) is 0 Å². The third-order valence-electron chi connectivity index (χ3n) is 4.25. The van der Waals surface area contributed by atoms with E-state index >= 15 is 0 Å². The van der Waals surface area contributed by atoms with Crippen molar-refractivity contribution in [2.45, 2.75) is 25.7 Å². The molecule has 3 rings (SSSR count). The van der Waals surface area contributed by atoms with Crippen molar-refractivity contribution in [3.63, 3.8) is 0 Å². The number of anilines is 1. The van der Waals surface area contributed by atoms with Crippen molar-refractivity contribution in [2.24, 2.45) is 0 Å². The van der Waals surface area contributed by atoms with Gasteiger partial charge in [0.05, 0.1) is 7.11 Å². The number of aromatic carboxylic acids is 1. The summed E-state index contributed by atoms with van der Waals surface area (Å²) in [4.78, 5) is 19.3. The van der Waals surface area contributed by atoms with E-state index in [-0.39, 0.29) is 11.4 Å². The molecule has 0 aliphatic heterocycles. The summed E-state index contributed by atoms with van der Waals surface area (Å²) < 4.78 is 10.4. The highest BCUT2D eigenvalue weighted by Gasteiger charge is 2.11. The van der Waals surface area contributed by atoms with Crippen LogP contribution < -0.4 is 10.1 Å². The van der Waals surface area contributed by atoms with Crippen molar-refractivity contribution >= 4 is 11.8 Å². The number of benzene rings is 1. The fourth-order valence-corrected chi connectivity index (χ4v) is 2.74. The molecule has 0 bridgehead atoms. The maximum absolute atomic E-state index is 10.9. The van der Waals surface area contributed by atoms with Crippen molar-refractivity contribution < 1.29 is 24.3 Å². The van der Waals surface area contributed by atoms with E-state index in [9.17, 15) is 9.90 Å². The van der Waals surface area contributed by atoms with Crippen molar-refractivity contribution in [3.05, 3.63) is 48.0 Å². The number of phenols is 1. The van der Waals surface area contributed by atoms with Crippen molar-refractivity contribution in [2.75, 3.05) is 19.0 Å². The van der Waals surface area contributed by atoms with Gasteiger partial charge in [-0.15, -0.1) is 0 Å². The average molecular weight is 398 g/mol. The minimum Gasteiger partial charge on any atom is -0.504 e. The largest absolute Gasteiger partial charge is 0.504 e. The van der Waals surface area contributed by atoms with Gasteiger partial charge in [-0.25, -0.2) is 9.78 Å². The molecule has 0 unspecified atom stereocenters. The first-order valence-electron chi connectivity index (χ1n) is 9.21. The summed E-state index contributed by atoms with van der Waals surface area (Å²) >= 11 is 0. The molecular formula is C20H22N4O5. The van der Waals surface area contributed by atoms with Crippen LogP contribution in [0.5, 0.6) is 11.5 Å². The lowest BCUT2D eigenvalue weighted by Gasteiger charge is -2.05. The number of hydrogen-bond acceptors (Lipinski definition) is 8. The lowest BCUT2D eigenvalue weighted by molar-refractivity contribution is 0.0690. The van der Waals surface area contributed by atoms with Crippen LogP contribution in [0.2, 0.25) is 0 Å². The molecule has 0 saturated carbocycles. The minimum absolute atomic E-state index is 0.0217. The second-order valence-corrected chi connectivity index (χ2v) is 6.35. The first-order chi connectivity index (χ1) is 14.1. The third kappa shape index (κ3) is 5.44. The molecule has 0 spiro atoms. The number of methoxy groups -OCH3 is 1. The number of carboxylic acid groups (broad SMARTS) is 1. The van der Waals surface area contributed by atoms with Crippen LogP contribution in [0.3, 0.4) is 0 Å². The zero-order valence-electron chi connectivity index (χ0n) is 16.0. The number of ether oxygens (including phenoxy) is 1. The third-order valence-corrected chi connectivity index (χ3v) is 4.25. The Bertz CT molecular complexity index is 973. The number of hydrogen-bond donors (Lipinski definition) is 3. The monoisotopic (exact) mass is 398 g/mol. The van der Waals surface area contributed by atoms with E-state index < -0.39 is 5.97 Å². The van der Waals surface area contributed by atoms with Gasteiger partial charge in [0.1, 0.15) is 5.82 Å². The van der Waals surface area contributed by atoms with Gasteiger partial charge < -0.3 is 24.8 Å². The van der Waals surface area contributed by atoms with E-state index in [2.05, 4.69) is 20.4 Å². The maximum Gasteiger partial charge on any atom is 0.354 e. The van der Waals surface area contributed by atoms with Gasteiger partial charge in [0.25, 0.3) is 0 Å². The number of carbonyl (C=O) groups is 1. The Morgan fingerprint density at radius 3 is 2.83 bits per heavy atom. The topological polar surface area (TPSA) is 131 Å². The summed E-state index contributed by atoms with van der Waals surface area (Å²) in [7, 11) is 1.48. The second-order valence-electron chi connectivity index (χ2n) is 6.35. The van der Waals surface area contributed by atoms with E-state index in [0.717, 1.165) is 19.3 Å². The molecule has 2 heterocycles. The minimum atomic E-state index is -1.04. The number of aromatic nitrogens is 3. The van der Waals surface area contributed by atoms with E-state index in [0.29, 0.717) is 41.8 Å². The van der Waals surface area contributed by atoms with Crippen LogP contribution >= 0.6 is 0 Å². The number of phenolic OH excluding ortho intramolecular Hbond substituents is 1. The number of nitrogens with one attached hydrogen (secondary N) is 1. The van der Waals surface area contributed by atoms with E-state index in [1.54, 1.807) is 24.3 Å². The summed E-state index contributed by atoms with van der Waals surface area (Å²) in [6, 6.07) is 9.74. The quantitative estimate of drug-likeness (QED) is 0.440. The Morgan fingerprint density at radius 1 is 1.17 bits per heavy atom. The molecule has 0 fully saturated rings. The Kier molecular flexibility index (Phi) is 6.62. The molecule has 0 aliphatic rings. The van der Waals surface area contributed by atoms with E-state index in [1.807, 2.05) is 0 Å². The maximum atomic E-state index is 10.9. The summed E-state index contributed by atoms with van der Waals surface area (Å²) in [6.45, 7) is 0.693. The number of nitrogens with zero attached hydrogens (tertiary/aromatic N) is 3. The Balaban J connectivity index is 1.41. The van der Waals surface area contributed by atoms with Crippen molar-refractivity contribution in [1.29, 1.82) is 0 Å². The molecule has 3 aromatic rings. The van der Waals surface area contributed by atoms with Crippen LogP contribution in [-0.4, -0.2) is 45.0 Å². The first kappa shape index (κ1) is 20.1. The fourth-order valence-electron chi connectivity index (χ4n) is 2.74.